The summed E-state index contributed by atoms with van der Waals surface area (Å²) < 4.78 is 2.11. The third-order valence-electron chi connectivity index (χ3n) is 2.01. The molecule has 0 amide bonds. The predicted molar refractivity (Wildman–Crippen MR) is 53.3 cm³/mol. The molecule has 1 heterocycles. The third-order valence-corrected chi connectivity index (χ3v) is 2.01. The topological polar surface area (TPSA) is 47.1 Å². The number of hydrogen-bond acceptors (Lipinski definition) is 3. The van der Waals surface area contributed by atoms with E-state index in [1.54, 1.807) is 0 Å². The minimum absolute atomic E-state index is 0.571. The van der Waals surface area contributed by atoms with Crippen LogP contribution in [-0.2, 0) is 13.1 Å². The van der Waals surface area contributed by atoms with E-state index in [2.05, 4.69) is 28.5 Å². The van der Waals surface area contributed by atoms with Crippen LogP contribution in [0.1, 0.15) is 12.1 Å². The van der Waals surface area contributed by atoms with Gasteiger partial charge >= 0.3 is 0 Å². The normalized spacial score (nSPS) is 11.1. The Balaban J connectivity index is 2.36. The molecule has 2 N–H and O–H groups in total. The lowest BCUT2D eigenvalue weighted by atomic mass is 10.4. The van der Waals surface area contributed by atoms with Crippen LogP contribution in [0.25, 0.3) is 0 Å². The average Bonchev–Trinajstić information content (AvgIpc) is 2.51. The highest BCUT2D eigenvalue weighted by atomic mass is 15.1. The maximum atomic E-state index is 5.56. The molecule has 1 aromatic rings. The van der Waals surface area contributed by atoms with Crippen LogP contribution in [-0.4, -0.2) is 35.1 Å². The van der Waals surface area contributed by atoms with Gasteiger partial charge in [0, 0.05) is 19.3 Å². The predicted octanol–water partition coefficient (Wildman–Crippen LogP) is 0.293. The van der Waals surface area contributed by atoms with E-state index < -0.39 is 0 Å². The van der Waals surface area contributed by atoms with Crippen LogP contribution in [0, 0.1) is 0 Å². The number of aryl methyl sites for hydroxylation is 1. The lowest BCUT2D eigenvalue weighted by Gasteiger charge is -2.10. The van der Waals surface area contributed by atoms with Gasteiger partial charge in [0.05, 0.1) is 12.0 Å². The zero-order chi connectivity index (χ0) is 9.68. The third kappa shape index (κ3) is 3.16. The molecule has 0 saturated heterocycles. The summed E-state index contributed by atoms with van der Waals surface area (Å²) in [4.78, 5) is 6.24. The Morgan fingerprint density at radius 2 is 2.31 bits per heavy atom. The molecule has 0 spiro atoms. The fourth-order valence-corrected chi connectivity index (χ4v) is 1.28. The van der Waals surface area contributed by atoms with Crippen LogP contribution in [0.4, 0.5) is 0 Å². The van der Waals surface area contributed by atoms with Gasteiger partial charge in [-0.2, -0.15) is 0 Å². The Morgan fingerprint density at radius 1 is 1.54 bits per heavy atom. The van der Waals surface area contributed by atoms with Gasteiger partial charge < -0.3 is 15.2 Å². The van der Waals surface area contributed by atoms with Gasteiger partial charge in [-0.3, -0.25) is 0 Å². The van der Waals surface area contributed by atoms with E-state index in [1.165, 1.54) is 0 Å². The van der Waals surface area contributed by atoms with E-state index in [-0.39, 0.29) is 0 Å². The van der Waals surface area contributed by atoms with Crippen molar-refractivity contribution in [3.05, 3.63) is 18.2 Å². The molecule has 13 heavy (non-hydrogen) atoms. The zero-order valence-corrected chi connectivity index (χ0v) is 8.40. The first-order valence-corrected chi connectivity index (χ1v) is 4.58. The van der Waals surface area contributed by atoms with Crippen molar-refractivity contribution in [2.24, 2.45) is 5.73 Å². The standard InChI is InChI=1S/C9H18N4/c1-12(2)4-3-5-13-8-11-7-9(13)6-10/h7-8H,3-6,10H2,1-2H3. The largest absolute Gasteiger partial charge is 0.333 e. The lowest BCUT2D eigenvalue weighted by molar-refractivity contribution is 0.385. The van der Waals surface area contributed by atoms with Crippen molar-refractivity contribution in [1.82, 2.24) is 14.5 Å². The first-order valence-electron chi connectivity index (χ1n) is 4.58. The van der Waals surface area contributed by atoms with Crippen LogP contribution in [0.15, 0.2) is 12.5 Å². The van der Waals surface area contributed by atoms with E-state index in [9.17, 15) is 0 Å². The molecule has 0 atom stereocenters. The number of aromatic nitrogens is 2. The van der Waals surface area contributed by atoms with Crippen LogP contribution >= 0.6 is 0 Å². The van der Waals surface area contributed by atoms with Crippen LogP contribution in [0.3, 0.4) is 0 Å². The summed E-state index contributed by atoms with van der Waals surface area (Å²) in [6.45, 7) is 2.68. The van der Waals surface area contributed by atoms with Gasteiger partial charge in [0.1, 0.15) is 0 Å². The van der Waals surface area contributed by atoms with Gasteiger partial charge in [-0.1, -0.05) is 0 Å². The molecule has 4 nitrogen and oxygen atoms in total. The number of hydrogen-bond donors (Lipinski definition) is 1. The smallest absolute Gasteiger partial charge is 0.0948 e. The van der Waals surface area contributed by atoms with Crippen molar-refractivity contribution in [2.75, 3.05) is 20.6 Å². The maximum absolute atomic E-state index is 5.56. The Hall–Kier alpha value is -0.870. The van der Waals surface area contributed by atoms with Gasteiger partial charge in [-0.25, -0.2) is 4.98 Å². The van der Waals surface area contributed by atoms with E-state index in [1.807, 2.05) is 12.5 Å². The van der Waals surface area contributed by atoms with Crippen molar-refractivity contribution in [1.29, 1.82) is 0 Å². The van der Waals surface area contributed by atoms with E-state index in [0.29, 0.717) is 6.54 Å². The van der Waals surface area contributed by atoms with Gasteiger partial charge in [0.15, 0.2) is 0 Å². The highest BCUT2D eigenvalue weighted by molar-refractivity contribution is 4.96. The molecule has 74 valence electrons. The summed E-state index contributed by atoms with van der Waals surface area (Å²) in [5.74, 6) is 0. The van der Waals surface area contributed by atoms with Crippen molar-refractivity contribution >= 4 is 0 Å². The highest BCUT2D eigenvalue weighted by Crippen LogP contribution is 1.99. The second-order valence-electron chi connectivity index (χ2n) is 3.44. The summed E-state index contributed by atoms with van der Waals surface area (Å²) in [5.41, 5.74) is 6.67. The number of rotatable bonds is 5. The average molecular weight is 182 g/mol. The van der Waals surface area contributed by atoms with Crippen molar-refractivity contribution in [3.8, 4) is 0 Å². The van der Waals surface area contributed by atoms with Gasteiger partial charge in [0.2, 0.25) is 0 Å². The summed E-state index contributed by atoms with van der Waals surface area (Å²) in [6.07, 6.45) is 4.81. The Labute approximate surface area is 79.4 Å². The quantitative estimate of drug-likeness (QED) is 0.712. The molecule has 1 aromatic heterocycles. The highest BCUT2D eigenvalue weighted by Gasteiger charge is 1.99. The monoisotopic (exact) mass is 182 g/mol. The molecule has 4 heteroatoms. The first-order chi connectivity index (χ1) is 6.24. The van der Waals surface area contributed by atoms with E-state index in [4.69, 9.17) is 5.73 Å². The second-order valence-corrected chi connectivity index (χ2v) is 3.44. The molecule has 1 rings (SSSR count). The minimum Gasteiger partial charge on any atom is -0.333 e. The van der Waals surface area contributed by atoms with Crippen molar-refractivity contribution in [3.63, 3.8) is 0 Å². The maximum Gasteiger partial charge on any atom is 0.0948 e. The second kappa shape index (κ2) is 4.99. The zero-order valence-electron chi connectivity index (χ0n) is 8.40. The Kier molecular flexibility index (Phi) is 3.92. The van der Waals surface area contributed by atoms with Crippen LogP contribution < -0.4 is 5.73 Å². The number of nitrogens with zero attached hydrogens (tertiary/aromatic N) is 3. The van der Waals surface area contributed by atoms with Crippen molar-refractivity contribution in [2.45, 2.75) is 19.5 Å². The Morgan fingerprint density at radius 3 is 2.92 bits per heavy atom. The number of nitrogens with two attached hydrogens (primary N) is 1. The van der Waals surface area contributed by atoms with E-state index in [0.717, 1.165) is 25.2 Å². The Bertz CT molecular complexity index is 242. The molecule has 0 radical (unpaired) electrons. The summed E-state index contributed by atoms with van der Waals surface area (Å²) >= 11 is 0. The van der Waals surface area contributed by atoms with Crippen LogP contribution in [0.2, 0.25) is 0 Å². The molecular weight excluding hydrogens is 164 g/mol. The van der Waals surface area contributed by atoms with Gasteiger partial charge in [-0.05, 0) is 27.1 Å². The van der Waals surface area contributed by atoms with E-state index >= 15 is 0 Å². The molecule has 0 fully saturated rings. The fourth-order valence-electron chi connectivity index (χ4n) is 1.28. The molecule has 0 saturated carbocycles. The van der Waals surface area contributed by atoms with Crippen molar-refractivity contribution < 1.29 is 0 Å². The van der Waals surface area contributed by atoms with Crippen LogP contribution in [0.5, 0.6) is 0 Å². The van der Waals surface area contributed by atoms with Gasteiger partial charge in [-0.15, -0.1) is 0 Å². The summed E-state index contributed by atoms with van der Waals surface area (Å²) in [7, 11) is 4.16. The van der Waals surface area contributed by atoms with Gasteiger partial charge in [0.25, 0.3) is 0 Å². The fraction of sp³-hybridized carbons (Fsp3) is 0.667. The SMILES string of the molecule is CN(C)CCCn1cncc1CN. The molecule has 0 aliphatic heterocycles. The molecule has 0 bridgehead atoms. The number of imidazole rings is 1. The first kappa shape index (κ1) is 10.2. The molecule has 0 unspecified atom stereocenters. The summed E-state index contributed by atoms with van der Waals surface area (Å²) in [5, 5.41) is 0. The molecule has 0 aromatic carbocycles. The molecular formula is C9H18N4. The molecule has 0 aliphatic carbocycles. The summed E-state index contributed by atoms with van der Waals surface area (Å²) in [6, 6.07) is 0. The minimum atomic E-state index is 0.571. The molecule has 0 aliphatic rings. The lowest BCUT2D eigenvalue weighted by Crippen LogP contribution is -2.16.